The van der Waals surface area contributed by atoms with Crippen LogP contribution in [0.3, 0.4) is 0 Å². The minimum absolute atomic E-state index is 1.19. The number of aryl methyl sites for hydroxylation is 4. The van der Waals surface area contributed by atoms with Crippen LogP contribution in [0.25, 0.3) is 49.7 Å². The number of nitrogens with zero attached hydrogens (tertiary/aromatic N) is 1. The molecule has 6 rings (SSSR count). The molecular weight excluding hydrogens is 422 g/mol. The van der Waals surface area contributed by atoms with Crippen molar-refractivity contribution in [3.63, 3.8) is 0 Å². The van der Waals surface area contributed by atoms with E-state index in [0.717, 1.165) is 0 Å². The Balaban J connectivity index is 1.68. The van der Waals surface area contributed by atoms with Gasteiger partial charge < -0.3 is 4.57 Å². The van der Waals surface area contributed by atoms with Crippen molar-refractivity contribution in [3.8, 4) is 27.9 Å². The maximum absolute atomic E-state index is 2.43. The Hall–Kier alpha value is -4.10. The molecular formula is C34H29N. The first-order valence-electron chi connectivity index (χ1n) is 12.3. The standard InChI is InChI=1S/C34H29N/c1-22-5-11-26(12-6-22)28-19-29(27-13-7-23(2)8-14-27)21-30(20-28)35-33-15-9-24(3)17-31(33)32-18-25(4)10-16-34(32)35/h5-21H,1-4H3. The highest BCUT2D eigenvalue weighted by Crippen LogP contribution is 2.36. The van der Waals surface area contributed by atoms with E-state index in [2.05, 4.69) is 135 Å². The fourth-order valence-electron chi connectivity index (χ4n) is 5.09. The van der Waals surface area contributed by atoms with Crippen LogP contribution in [0.5, 0.6) is 0 Å². The molecule has 5 aromatic carbocycles. The summed E-state index contributed by atoms with van der Waals surface area (Å²) >= 11 is 0. The maximum Gasteiger partial charge on any atom is 0.0541 e. The topological polar surface area (TPSA) is 4.93 Å². The summed E-state index contributed by atoms with van der Waals surface area (Å²) in [6, 6.07) is 38.3. The number of aromatic nitrogens is 1. The second kappa shape index (κ2) is 8.29. The quantitative estimate of drug-likeness (QED) is 0.252. The van der Waals surface area contributed by atoms with Crippen LogP contribution in [-0.2, 0) is 0 Å². The molecule has 0 saturated carbocycles. The lowest BCUT2D eigenvalue weighted by Gasteiger charge is -2.14. The monoisotopic (exact) mass is 451 g/mol. The van der Waals surface area contributed by atoms with Gasteiger partial charge in [-0.25, -0.2) is 0 Å². The number of rotatable bonds is 3. The van der Waals surface area contributed by atoms with Gasteiger partial charge in [0.15, 0.2) is 0 Å². The number of benzene rings is 5. The smallest absolute Gasteiger partial charge is 0.0541 e. The van der Waals surface area contributed by atoms with E-state index in [0.29, 0.717) is 0 Å². The summed E-state index contributed by atoms with van der Waals surface area (Å²) in [7, 11) is 0. The highest BCUT2D eigenvalue weighted by Gasteiger charge is 2.15. The van der Waals surface area contributed by atoms with Crippen LogP contribution in [-0.4, -0.2) is 4.57 Å². The molecule has 1 heterocycles. The van der Waals surface area contributed by atoms with E-state index in [1.165, 1.54) is 72.0 Å². The molecule has 0 spiro atoms. The van der Waals surface area contributed by atoms with Crippen LogP contribution in [0.1, 0.15) is 22.3 Å². The third-order valence-corrected chi connectivity index (χ3v) is 7.02. The Morgan fingerprint density at radius 3 is 1.20 bits per heavy atom. The molecule has 0 aliphatic rings. The molecule has 0 aliphatic carbocycles. The van der Waals surface area contributed by atoms with Gasteiger partial charge in [0.1, 0.15) is 0 Å². The van der Waals surface area contributed by atoms with Crippen molar-refractivity contribution in [3.05, 3.63) is 125 Å². The molecule has 170 valence electrons. The van der Waals surface area contributed by atoms with E-state index in [1.807, 2.05) is 0 Å². The van der Waals surface area contributed by atoms with Crippen molar-refractivity contribution in [1.29, 1.82) is 0 Å². The van der Waals surface area contributed by atoms with Gasteiger partial charge in [0.2, 0.25) is 0 Å². The van der Waals surface area contributed by atoms with Gasteiger partial charge in [-0.2, -0.15) is 0 Å². The van der Waals surface area contributed by atoms with Crippen LogP contribution in [0, 0.1) is 27.7 Å². The zero-order chi connectivity index (χ0) is 24.1. The van der Waals surface area contributed by atoms with Crippen LogP contribution in [0.4, 0.5) is 0 Å². The summed E-state index contributed by atoms with van der Waals surface area (Å²) in [5.41, 5.74) is 13.7. The summed E-state index contributed by atoms with van der Waals surface area (Å²) in [6.07, 6.45) is 0. The van der Waals surface area contributed by atoms with Gasteiger partial charge in [-0.15, -0.1) is 0 Å². The number of fused-ring (bicyclic) bond motifs is 3. The summed E-state index contributed by atoms with van der Waals surface area (Å²) in [6.45, 7) is 8.62. The predicted molar refractivity (Wildman–Crippen MR) is 151 cm³/mol. The summed E-state index contributed by atoms with van der Waals surface area (Å²) < 4.78 is 2.43. The molecule has 6 aromatic rings. The lowest BCUT2D eigenvalue weighted by molar-refractivity contribution is 1.18. The Bertz CT molecular complexity index is 1570. The third kappa shape index (κ3) is 3.84. The molecule has 35 heavy (non-hydrogen) atoms. The van der Waals surface area contributed by atoms with E-state index in [4.69, 9.17) is 0 Å². The Morgan fingerprint density at radius 2 is 0.771 bits per heavy atom. The van der Waals surface area contributed by atoms with Crippen molar-refractivity contribution >= 4 is 21.8 Å². The summed E-state index contributed by atoms with van der Waals surface area (Å²) in [5, 5.41) is 2.61. The van der Waals surface area contributed by atoms with Crippen molar-refractivity contribution < 1.29 is 0 Å². The first-order valence-corrected chi connectivity index (χ1v) is 12.3. The zero-order valence-corrected chi connectivity index (χ0v) is 20.8. The van der Waals surface area contributed by atoms with Crippen molar-refractivity contribution in [2.45, 2.75) is 27.7 Å². The second-order valence-electron chi connectivity index (χ2n) is 9.88. The number of hydrogen-bond donors (Lipinski definition) is 0. The average Bonchev–Trinajstić information content (AvgIpc) is 3.17. The van der Waals surface area contributed by atoms with E-state index in [9.17, 15) is 0 Å². The Kier molecular flexibility index (Phi) is 5.07. The minimum atomic E-state index is 1.19. The summed E-state index contributed by atoms with van der Waals surface area (Å²) in [5.74, 6) is 0. The first-order chi connectivity index (χ1) is 17.0. The molecule has 0 saturated heterocycles. The number of hydrogen-bond acceptors (Lipinski definition) is 0. The molecule has 0 bridgehead atoms. The highest BCUT2D eigenvalue weighted by molar-refractivity contribution is 6.09. The molecule has 0 atom stereocenters. The lowest BCUT2D eigenvalue weighted by atomic mass is 9.97. The van der Waals surface area contributed by atoms with Crippen LogP contribution < -0.4 is 0 Å². The van der Waals surface area contributed by atoms with Crippen molar-refractivity contribution in [1.82, 2.24) is 4.57 Å². The highest BCUT2D eigenvalue weighted by atomic mass is 15.0. The minimum Gasteiger partial charge on any atom is -0.309 e. The predicted octanol–water partition coefficient (Wildman–Crippen LogP) is 9.35. The fourth-order valence-corrected chi connectivity index (χ4v) is 5.09. The second-order valence-corrected chi connectivity index (χ2v) is 9.88. The van der Waals surface area contributed by atoms with E-state index in [-0.39, 0.29) is 0 Å². The molecule has 0 fully saturated rings. The largest absolute Gasteiger partial charge is 0.309 e. The van der Waals surface area contributed by atoms with E-state index >= 15 is 0 Å². The molecule has 0 radical (unpaired) electrons. The first kappa shape index (κ1) is 21.4. The lowest BCUT2D eigenvalue weighted by Crippen LogP contribution is -1.96. The fraction of sp³-hybridized carbons (Fsp3) is 0.118. The van der Waals surface area contributed by atoms with Crippen molar-refractivity contribution in [2.24, 2.45) is 0 Å². The van der Waals surface area contributed by atoms with Gasteiger partial charge in [0, 0.05) is 16.5 Å². The normalized spacial score (nSPS) is 11.4. The SMILES string of the molecule is Cc1ccc(-c2cc(-c3ccc(C)cc3)cc(-n3c4ccc(C)cc4c4cc(C)ccc43)c2)cc1. The summed E-state index contributed by atoms with van der Waals surface area (Å²) in [4.78, 5) is 0. The van der Waals surface area contributed by atoms with Crippen LogP contribution in [0.2, 0.25) is 0 Å². The van der Waals surface area contributed by atoms with Gasteiger partial charge in [-0.1, -0.05) is 82.9 Å². The van der Waals surface area contributed by atoms with Crippen LogP contribution in [0.15, 0.2) is 103 Å². The molecule has 1 aromatic heterocycles. The van der Waals surface area contributed by atoms with Gasteiger partial charge in [-0.05, 0) is 92.4 Å². The Morgan fingerprint density at radius 1 is 0.371 bits per heavy atom. The molecule has 0 N–H and O–H groups in total. The van der Waals surface area contributed by atoms with Gasteiger partial charge >= 0.3 is 0 Å². The molecule has 0 amide bonds. The maximum atomic E-state index is 2.43. The van der Waals surface area contributed by atoms with E-state index < -0.39 is 0 Å². The van der Waals surface area contributed by atoms with Crippen LogP contribution >= 0.6 is 0 Å². The third-order valence-electron chi connectivity index (χ3n) is 7.02. The molecule has 0 unspecified atom stereocenters. The molecule has 0 aliphatic heterocycles. The van der Waals surface area contributed by atoms with Crippen molar-refractivity contribution in [2.75, 3.05) is 0 Å². The average molecular weight is 452 g/mol. The molecule has 1 nitrogen and oxygen atoms in total. The van der Waals surface area contributed by atoms with E-state index in [1.54, 1.807) is 0 Å². The van der Waals surface area contributed by atoms with Gasteiger partial charge in [0.05, 0.1) is 11.0 Å². The Labute approximate surface area is 207 Å². The van der Waals surface area contributed by atoms with Gasteiger partial charge in [0.25, 0.3) is 0 Å². The zero-order valence-electron chi connectivity index (χ0n) is 20.8. The van der Waals surface area contributed by atoms with Gasteiger partial charge in [-0.3, -0.25) is 0 Å². The molecule has 1 heteroatoms.